The van der Waals surface area contributed by atoms with Crippen molar-refractivity contribution in [1.29, 1.82) is 5.26 Å². The van der Waals surface area contributed by atoms with Crippen LogP contribution in [0, 0.1) is 17.2 Å². The molecule has 0 aliphatic carbocycles. The van der Waals surface area contributed by atoms with Crippen LogP contribution in [0.3, 0.4) is 0 Å². The van der Waals surface area contributed by atoms with Gasteiger partial charge in [-0.15, -0.1) is 0 Å². The smallest absolute Gasteiger partial charge is 0.241 e. The topological polar surface area (TPSA) is 78.2 Å². The van der Waals surface area contributed by atoms with Crippen LogP contribution in [0.1, 0.15) is 19.4 Å². The molecule has 1 rings (SSSR count). The Bertz CT molecular complexity index is 678. The maximum Gasteiger partial charge on any atom is 0.241 e. The fourth-order valence-electron chi connectivity index (χ4n) is 1.86. The summed E-state index contributed by atoms with van der Waals surface area (Å²) in [6.45, 7) is 3.55. The van der Waals surface area contributed by atoms with Crippen molar-refractivity contribution in [1.82, 2.24) is 0 Å². The number of carbonyl (C=O) groups is 1. The lowest BCUT2D eigenvalue weighted by Gasteiger charge is -2.19. The van der Waals surface area contributed by atoms with Gasteiger partial charge in [0.2, 0.25) is 5.91 Å². The Morgan fingerprint density at radius 1 is 1.43 bits per heavy atom. The van der Waals surface area contributed by atoms with Gasteiger partial charge in [-0.05, 0) is 24.1 Å². The first-order valence-electron chi connectivity index (χ1n) is 6.33. The standard InChI is InChI=1S/C14H17ClN2O3S/c1-10(2)8-21(19,20)9-14(18)17(3)13-6-12(15)5-4-11(13)7-16/h4-6,10H,8-9H2,1-3H3. The summed E-state index contributed by atoms with van der Waals surface area (Å²) in [6.07, 6.45) is 0. The van der Waals surface area contributed by atoms with Gasteiger partial charge in [0.25, 0.3) is 0 Å². The van der Waals surface area contributed by atoms with Crippen LogP contribution in [0.5, 0.6) is 0 Å². The average molecular weight is 329 g/mol. The first-order chi connectivity index (χ1) is 9.66. The fourth-order valence-corrected chi connectivity index (χ4v) is 3.73. The molecule has 1 aromatic carbocycles. The number of benzene rings is 1. The monoisotopic (exact) mass is 328 g/mol. The van der Waals surface area contributed by atoms with Crippen molar-refractivity contribution in [3.8, 4) is 6.07 Å². The van der Waals surface area contributed by atoms with E-state index in [0.29, 0.717) is 10.7 Å². The van der Waals surface area contributed by atoms with E-state index in [4.69, 9.17) is 16.9 Å². The van der Waals surface area contributed by atoms with Crippen molar-refractivity contribution in [3.63, 3.8) is 0 Å². The van der Waals surface area contributed by atoms with Gasteiger partial charge in [-0.2, -0.15) is 5.26 Å². The largest absolute Gasteiger partial charge is 0.313 e. The fraction of sp³-hybridized carbons (Fsp3) is 0.429. The lowest BCUT2D eigenvalue weighted by molar-refractivity contribution is -0.115. The second kappa shape index (κ2) is 6.92. The summed E-state index contributed by atoms with van der Waals surface area (Å²) in [4.78, 5) is 13.3. The van der Waals surface area contributed by atoms with Gasteiger partial charge in [0.15, 0.2) is 9.84 Å². The minimum absolute atomic E-state index is 0.0473. The van der Waals surface area contributed by atoms with Crippen LogP contribution in [0.15, 0.2) is 18.2 Å². The quantitative estimate of drug-likeness (QED) is 0.830. The molecule has 1 aromatic rings. The van der Waals surface area contributed by atoms with E-state index in [2.05, 4.69) is 0 Å². The zero-order valence-corrected chi connectivity index (χ0v) is 13.7. The van der Waals surface area contributed by atoms with Gasteiger partial charge in [0.05, 0.1) is 17.0 Å². The summed E-state index contributed by atoms with van der Waals surface area (Å²) >= 11 is 5.86. The molecule has 0 unspecified atom stereocenters. The lowest BCUT2D eigenvalue weighted by atomic mass is 10.2. The van der Waals surface area contributed by atoms with Crippen LogP contribution in [0.4, 0.5) is 5.69 Å². The SMILES string of the molecule is CC(C)CS(=O)(=O)CC(=O)N(C)c1cc(Cl)ccc1C#N. The van der Waals surface area contributed by atoms with Gasteiger partial charge in [-0.1, -0.05) is 25.4 Å². The van der Waals surface area contributed by atoms with Gasteiger partial charge < -0.3 is 4.90 Å². The molecule has 0 aliphatic rings. The molecule has 0 saturated carbocycles. The number of rotatable bonds is 5. The summed E-state index contributed by atoms with van der Waals surface area (Å²) in [5.41, 5.74) is 0.561. The molecule has 0 radical (unpaired) electrons. The van der Waals surface area contributed by atoms with Crippen LogP contribution >= 0.6 is 11.6 Å². The number of hydrogen-bond acceptors (Lipinski definition) is 4. The predicted molar refractivity (Wildman–Crippen MR) is 83.1 cm³/mol. The highest BCUT2D eigenvalue weighted by atomic mass is 35.5. The Kier molecular flexibility index (Phi) is 5.76. The van der Waals surface area contributed by atoms with E-state index in [-0.39, 0.29) is 17.2 Å². The molecule has 5 nitrogen and oxygen atoms in total. The molecular weight excluding hydrogens is 312 g/mol. The molecule has 0 aromatic heterocycles. The molecule has 1 amide bonds. The third-order valence-electron chi connectivity index (χ3n) is 2.75. The van der Waals surface area contributed by atoms with Crippen LogP contribution in [0.2, 0.25) is 5.02 Å². The molecule has 0 saturated heterocycles. The van der Waals surface area contributed by atoms with Crippen molar-refractivity contribution >= 4 is 33.0 Å². The highest BCUT2D eigenvalue weighted by Crippen LogP contribution is 2.24. The number of amides is 1. The highest BCUT2D eigenvalue weighted by molar-refractivity contribution is 7.92. The zero-order valence-electron chi connectivity index (χ0n) is 12.1. The molecular formula is C14H17ClN2O3S. The molecule has 0 fully saturated rings. The Labute approximate surface area is 130 Å². The first-order valence-corrected chi connectivity index (χ1v) is 8.53. The van der Waals surface area contributed by atoms with Gasteiger partial charge in [0, 0.05) is 12.1 Å². The number of sulfone groups is 1. The minimum atomic E-state index is -3.47. The van der Waals surface area contributed by atoms with E-state index >= 15 is 0 Å². The number of carbonyl (C=O) groups excluding carboxylic acids is 1. The van der Waals surface area contributed by atoms with Crippen LogP contribution in [-0.2, 0) is 14.6 Å². The molecule has 0 atom stereocenters. The summed E-state index contributed by atoms with van der Waals surface area (Å²) in [7, 11) is -2.04. The molecule has 7 heteroatoms. The number of anilines is 1. The molecule has 0 aliphatic heterocycles. The molecule has 21 heavy (non-hydrogen) atoms. The summed E-state index contributed by atoms with van der Waals surface area (Å²) < 4.78 is 23.7. The van der Waals surface area contributed by atoms with Crippen molar-refractivity contribution in [2.45, 2.75) is 13.8 Å². The molecule has 0 bridgehead atoms. The molecule has 0 spiro atoms. The Balaban J connectivity index is 2.99. The highest BCUT2D eigenvalue weighted by Gasteiger charge is 2.23. The Morgan fingerprint density at radius 2 is 2.05 bits per heavy atom. The van der Waals surface area contributed by atoms with Crippen molar-refractivity contribution in [3.05, 3.63) is 28.8 Å². The number of nitrogens with zero attached hydrogens (tertiary/aromatic N) is 2. The maximum absolute atomic E-state index is 12.1. The van der Waals surface area contributed by atoms with E-state index in [1.54, 1.807) is 13.8 Å². The van der Waals surface area contributed by atoms with E-state index in [9.17, 15) is 13.2 Å². The van der Waals surface area contributed by atoms with Gasteiger partial charge in [0.1, 0.15) is 11.8 Å². The minimum Gasteiger partial charge on any atom is -0.313 e. The normalized spacial score (nSPS) is 11.2. The third-order valence-corrected chi connectivity index (χ3v) is 4.84. The average Bonchev–Trinajstić information content (AvgIpc) is 2.35. The summed E-state index contributed by atoms with van der Waals surface area (Å²) in [5.74, 6) is -1.27. The third kappa shape index (κ3) is 5.03. The van der Waals surface area contributed by atoms with Crippen LogP contribution < -0.4 is 4.90 Å². The second-order valence-corrected chi connectivity index (χ2v) is 7.72. The number of halogens is 1. The van der Waals surface area contributed by atoms with Crippen molar-refractivity contribution in [2.24, 2.45) is 5.92 Å². The van der Waals surface area contributed by atoms with Crippen LogP contribution in [0.25, 0.3) is 0 Å². The molecule has 0 N–H and O–H groups in total. The van der Waals surface area contributed by atoms with Gasteiger partial charge in [-0.3, -0.25) is 4.79 Å². The summed E-state index contributed by atoms with van der Waals surface area (Å²) in [5, 5.41) is 9.41. The van der Waals surface area contributed by atoms with Crippen molar-refractivity contribution in [2.75, 3.05) is 23.5 Å². The number of hydrogen-bond donors (Lipinski definition) is 0. The second-order valence-electron chi connectivity index (χ2n) is 5.17. The zero-order chi connectivity index (χ0) is 16.2. The lowest BCUT2D eigenvalue weighted by Crippen LogP contribution is -2.34. The number of nitriles is 1. The van der Waals surface area contributed by atoms with Gasteiger partial charge >= 0.3 is 0 Å². The molecule has 114 valence electrons. The van der Waals surface area contributed by atoms with Crippen molar-refractivity contribution < 1.29 is 13.2 Å². The van der Waals surface area contributed by atoms with Crippen LogP contribution in [-0.4, -0.2) is 32.9 Å². The first kappa shape index (κ1) is 17.5. The molecule has 0 heterocycles. The Hall–Kier alpha value is -1.58. The Morgan fingerprint density at radius 3 is 2.57 bits per heavy atom. The summed E-state index contributed by atoms with van der Waals surface area (Å²) in [6, 6.07) is 6.45. The van der Waals surface area contributed by atoms with Gasteiger partial charge in [-0.25, -0.2) is 8.42 Å². The van der Waals surface area contributed by atoms with E-state index in [1.807, 2.05) is 6.07 Å². The predicted octanol–water partition coefficient (Wildman–Crippen LogP) is 2.25. The van der Waals surface area contributed by atoms with E-state index < -0.39 is 21.5 Å². The van der Waals surface area contributed by atoms with E-state index in [1.165, 1.54) is 25.2 Å². The van der Waals surface area contributed by atoms with E-state index in [0.717, 1.165) is 4.90 Å². The maximum atomic E-state index is 12.1.